The van der Waals surface area contributed by atoms with Crippen molar-refractivity contribution in [1.82, 2.24) is 10.6 Å². The number of amides is 2. The molecule has 1 saturated carbocycles. The van der Waals surface area contributed by atoms with Crippen molar-refractivity contribution in [3.05, 3.63) is 23.8 Å². The van der Waals surface area contributed by atoms with Crippen LogP contribution in [0.5, 0.6) is 11.5 Å². The lowest BCUT2D eigenvalue weighted by atomic mass is 9.78. The van der Waals surface area contributed by atoms with Gasteiger partial charge in [-0.15, -0.1) is 0 Å². The minimum absolute atomic E-state index is 0.0128. The van der Waals surface area contributed by atoms with Crippen LogP contribution in [-0.2, 0) is 10.2 Å². The van der Waals surface area contributed by atoms with Crippen LogP contribution in [0.25, 0.3) is 0 Å². The third kappa shape index (κ3) is 5.43. The summed E-state index contributed by atoms with van der Waals surface area (Å²) >= 11 is 0. The van der Waals surface area contributed by atoms with Gasteiger partial charge >= 0.3 is 12.2 Å². The van der Waals surface area contributed by atoms with E-state index in [2.05, 4.69) is 15.4 Å². The summed E-state index contributed by atoms with van der Waals surface area (Å²) in [5.74, 6) is 1.45. The maximum Gasteiger partial charge on any atom is 0.411 e. The largest absolute Gasteiger partial charge is 0.486 e. The number of carbonyl (C=O) groups excluding carboxylic acids is 1. The third-order valence-electron chi connectivity index (χ3n) is 5.10. The fourth-order valence-corrected chi connectivity index (χ4v) is 3.73. The summed E-state index contributed by atoms with van der Waals surface area (Å²) in [5.41, 5.74) is 0.919. The summed E-state index contributed by atoms with van der Waals surface area (Å²) in [5, 5.41) is 5.38. The summed E-state index contributed by atoms with van der Waals surface area (Å²) in [7, 11) is 0. The summed E-state index contributed by atoms with van der Waals surface area (Å²) < 4.78 is 51.7. The lowest BCUT2D eigenvalue weighted by Crippen LogP contribution is -2.44. The van der Waals surface area contributed by atoms with E-state index in [1.54, 1.807) is 0 Å². The van der Waals surface area contributed by atoms with E-state index in [0.29, 0.717) is 19.8 Å². The van der Waals surface area contributed by atoms with Crippen molar-refractivity contribution in [1.29, 1.82) is 0 Å². The molecule has 2 amide bonds. The van der Waals surface area contributed by atoms with Crippen molar-refractivity contribution in [3.63, 3.8) is 0 Å². The first-order valence-corrected chi connectivity index (χ1v) is 9.44. The van der Waals surface area contributed by atoms with E-state index in [1.807, 2.05) is 18.2 Å². The number of rotatable bonds is 7. The average molecular weight is 402 g/mol. The van der Waals surface area contributed by atoms with E-state index >= 15 is 0 Å². The predicted molar refractivity (Wildman–Crippen MR) is 95.9 cm³/mol. The first-order chi connectivity index (χ1) is 13.4. The minimum Gasteiger partial charge on any atom is -0.486 e. The number of hydrogen-bond donors (Lipinski definition) is 2. The van der Waals surface area contributed by atoms with Crippen LogP contribution >= 0.6 is 0 Å². The van der Waals surface area contributed by atoms with Crippen LogP contribution in [0, 0.1) is 0 Å². The zero-order valence-electron chi connectivity index (χ0n) is 15.6. The van der Waals surface area contributed by atoms with Gasteiger partial charge in [0.15, 0.2) is 11.5 Å². The summed E-state index contributed by atoms with van der Waals surface area (Å²) in [6.07, 6.45) is -0.323. The Morgan fingerprint density at radius 1 is 1.11 bits per heavy atom. The molecule has 1 aliphatic heterocycles. The van der Waals surface area contributed by atoms with E-state index in [0.717, 1.165) is 42.7 Å². The maximum absolute atomic E-state index is 12.0. The highest BCUT2D eigenvalue weighted by atomic mass is 19.4. The number of carbonyl (C=O) groups is 1. The van der Waals surface area contributed by atoms with Gasteiger partial charge in [-0.3, -0.25) is 0 Å². The van der Waals surface area contributed by atoms with Gasteiger partial charge in [-0.2, -0.15) is 13.2 Å². The van der Waals surface area contributed by atoms with Gasteiger partial charge in [0, 0.05) is 18.5 Å². The number of alkyl halides is 3. The fraction of sp³-hybridized carbons (Fsp3) is 0.632. The first kappa shape index (κ1) is 20.6. The monoisotopic (exact) mass is 402 g/mol. The second-order valence-corrected chi connectivity index (χ2v) is 7.12. The zero-order chi connectivity index (χ0) is 20.0. The molecule has 28 heavy (non-hydrogen) atoms. The number of fused-ring (bicyclic) bond motifs is 1. The average Bonchev–Trinajstić information content (AvgIpc) is 3.15. The van der Waals surface area contributed by atoms with Crippen LogP contribution in [0.4, 0.5) is 18.0 Å². The molecule has 0 bridgehead atoms. The van der Waals surface area contributed by atoms with Crippen LogP contribution in [0.15, 0.2) is 18.2 Å². The molecule has 3 rings (SSSR count). The van der Waals surface area contributed by atoms with Gasteiger partial charge in [0.05, 0.1) is 6.61 Å². The number of ether oxygens (including phenoxy) is 3. The number of benzene rings is 1. The van der Waals surface area contributed by atoms with E-state index in [9.17, 15) is 18.0 Å². The molecule has 2 aliphatic rings. The fourth-order valence-electron chi connectivity index (χ4n) is 3.73. The highest BCUT2D eigenvalue weighted by Crippen LogP contribution is 2.43. The molecular weight excluding hydrogens is 377 g/mol. The number of urea groups is 1. The van der Waals surface area contributed by atoms with Gasteiger partial charge in [-0.25, -0.2) is 4.79 Å². The number of halogens is 3. The lowest BCUT2D eigenvalue weighted by molar-refractivity contribution is -0.173. The Morgan fingerprint density at radius 3 is 2.54 bits per heavy atom. The van der Waals surface area contributed by atoms with Crippen LogP contribution in [-0.4, -0.2) is 51.7 Å². The van der Waals surface area contributed by atoms with E-state index in [-0.39, 0.29) is 18.6 Å². The normalized spacial score (nSPS) is 18.0. The Labute approximate surface area is 161 Å². The maximum atomic E-state index is 12.0. The van der Waals surface area contributed by atoms with Crippen LogP contribution in [0.2, 0.25) is 0 Å². The van der Waals surface area contributed by atoms with Crippen LogP contribution in [0.3, 0.4) is 0 Å². The summed E-state index contributed by atoms with van der Waals surface area (Å²) in [6.45, 7) is -0.00298. The van der Waals surface area contributed by atoms with Gasteiger partial charge < -0.3 is 24.8 Å². The molecule has 0 radical (unpaired) electrons. The molecule has 1 fully saturated rings. The number of nitrogens with one attached hydrogen (secondary N) is 2. The third-order valence-corrected chi connectivity index (χ3v) is 5.10. The van der Waals surface area contributed by atoms with Crippen molar-refractivity contribution in [3.8, 4) is 11.5 Å². The molecule has 6 nitrogen and oxygen atoms in total. The molecule has 1 aromatic carbocycles. The first-order valence-electron chi connectivity index (χ1n) is 9.44. The van der Waals surface area contributed by atoms with Crippen molar-refractivity contribution >= 4 is 6.03 Å². The van der Waals surface area contributed by atoms with Gasteiger partial charge in [-0.05, 0) is 30.5 Å². The van der Waals surface area contributed by atoms with Gasteiger partial charge in [0.2, 0.25) is 0 Å². The van der Waals surface area contributed by atoms with Crippen molar-refractivity contribution in [2.24, 2.45) is 0 Å². The second kappa shape index (κ2) is 8.89. The van der Waals surface area contributed by atoms with Gasteiger partial charge in [-0.1, -0.05) is 18.9 Å². The number of hydrogen-bond acceptors (Lipinski definition) is 4. The molecule has 0 saturated heterocycles. The Hall–Kier alpha value is -2.16. The predicted octanol–water partition coefficient (Wildman–Crippen LogP) is 3.15. The minimum atomic E-state index is -4.36. The molecular formula is C19H25F3N2O4. The molecule has 0 unspecified atom stereocenters. The Kier molecular flexibility index (Phi) is 6.53. The quantitative estimate of drug-likeness (QED) is 0.688. The summed E-state index contributed by atoms with van der Waals surface area (Å²) in [6, 6.07) is 5.50. The van der Waals surface area contributed by atoms with E-state index in [1.165, 1.54) is 0 Å². The molecule has 9 heteroatoms. The van der Waals surface area contributed by atoms with Crippen molar-refractivity contribution in [2.75, 3.05) is 39.5 Å². The topological polar surface area (TPSA) is 68.8 Å². The van der Waals surface area contributed by atoms with Gasteiger partial charge in [0.25, 0.3) is 0 Å². The zero-order valence-corrected chi connectivity index (χ0v) is 15.6. The molecule has 0 atom stereocenters. The standard InChI is InChI=1S/C19H25F3N2O4/c20-19(21,22)13-26-8-7-23-17(25)24-12-18(5-1-2-6-18)14-3-4-15-16(11-14)28-10-9-27-15/h3-4,11H,1-2,5-10,12-13H2,(H2,23,24,25). The molecule has 0 spiro atoms. The molecule has 1 heterocycles. The van der Waals surface area contributed by atoms with Crippen molar-refractivity contribution < 1.29 is 32.2 Å². The van der Waals surface area contributed by atoms with Crippen LogP contribution in [0.1, 0.15) is 31.2 Å². The Balaban J connectivity index is 1.51. The van der Waals surface area contributed by atoms with Crippen LogP contribution < -0.4 is 20.1 Å². The lowest BCUT2D eigenvalue weighted by Gasteiger charge is -2.31. The smallest absolute Gasteiger partial charge is 0.411 e. The van der Waals surface area contributed by atoms with Gasteiger partial charge in [0.1, 0.15) is 19.8 Å². The second-order valence-electron chi connectivity index (χ2n) is 7.12. The molecule has 0 aromatic heterocycles. The van der Waals surface area contributed by atoms with E-state index < -0.39 is 18.8 Å². The highest BCUT2D eigenvalue weighted by molar-refractivity contribution is 5.74. The highest BCUT2D eigenvalue weighted by Gasteiger charge is 2.36. The SMILES string of the molecule is O=C(NCCOCC(F)(F)F)NCC1(c2ccc3c(c2)OCCO3)CCCC1. The molecule has 1 aromatic rings. The van der Waals surface area contributed by atoms with E-state index in [4.69, 9.17) is 9.47 Å². The molecule has 1 aliphatic carbocycles. The molecule has 156 valence electrons. The Bertz CT molecular complexity index is 676. The van der Waals surface area contributed by atoms with Crippen molar-refractivity contribution in [2.45, 2.75) is 37.3 Å². The Morgan fingerprint density at radius 2 is 1.82 bits per heavy atom. The summed E-state index contributed by atoms with van der Waals surface area (Å²) in [4.78, 5) is 12.0. The molecule has 2 N–H and O–H groups in total.